The fourth-order valence-electron chi connectivity index (χ4n) is 2.82. The van der Waals surface area contributed by atoms with Crippen molar-refractivity contribution >= 4 is 35.0 Å². The van der Waals surface area contributed by atoms with Gasteiger partial charge < -0.3 is 15.0 Å². The van der Waals surface area contributed by atoms with Gasteiger partial charge in [-0.2, -0.15) is 11.8 Å². The van der Waals surface area contributed by atoms with Gasteiger partial charge in [-0.1, -0.05) is 24.9 Å². The molecule has 4 nitrogen and oxygen atoms in total. The highest BCUT2D eigenvalue weighted by Crippen LogP contribution is 2.33. The summed E-state index contributed by atoms with van der Waals surface area (Å²) in [6.07, 6.45) is 3.99. The lowest BCUT2D eigenvalue weighted by Crippen LogP contribution is -2.37. The zero-order valence-corrected chi connectivity index (χ0v) is 16.1. The molecular weight excluding hydrogens is 344 g/mol. The second-order valence-electron chi connectivity index (χ2n) is 6.03. The lowest BCUT2D eigenvalue weighted by atomic mass is 10.2. The quantitative estimate of drug-likeness (QED) is 0.668. The molecule has 0 radical (unpaired) electrons. The molecule has 1 unspecified atom stereocenters. The second-order valence-corrected chi connectivity index (χ2v) is 7.69. The molecule has 1 atom stereocenters. The highest BCUT2D eigenvalue weighted by atomic mass is 35.5. The summed E-state index contributed by atoms with van der Waals surface area (Å²) in [5, 5.41) is 3.85. The van der Waals surface area contributed by atoms with Crippen LogP contribution in [0.2, 0.25) is 5.02 Å². The Balaban J connectivity index is 1.79. The smallest absolute Gasteiger partial charge is 0.221 e. The van der Waals surface area contributed by atoms with Crippen molar-refractivity contribution in [2.45, 2.75) is 38.6 Å². The van der Waals surface area contributed by atoms with Gasteiger partial charge in [0.25, 0.3) is 0 Å². The van der Waals surface area contributed by atoms with E-state index in [0.717, 1.165) is 42.5 Å². The molecule has 1 aliphatic heterocycles. The van der Waals surface area contributed by atoms with Crippen LogP contribution in [0.15, 0.2) is 18.2 Å². The number of hydrogen-bond acceptors (Lipinski definition) is 4. The fraction of sp³-hybridized carbons (Fsp3) is 0.611. The average Bonchev–Trinajstić information content (AvgIpc) is 3.03. The average molecular weight is 371 g/mol. The highest BCUT2D eigenvalue weighted by Gasteiger charge is 2.25. The lowest BCUT2D eigenvalue weighted by molar-refractivity contribution is -0.121. The molecule has 0 spiro atoms. The summed E-state index contributed by atoms with van der Waals surface area (Å²) in [7, 11) is 1.66. The van der Waals surface area contributed by atoms with Crippen LogP contribution in [0.3, 0.4) is 0 Å². The number of nitrogens with one attached hydrogen (secondary N) is 1. The molecular formula is C18H27ClN2O2S. The van der Waals surface area contributed by atoms with E-state index in [-0.39, 0.29) is 11.9 Å². The first-order chi connectivity index (χ1) is 11.6. The Morgan fingerprint density at radius 3 is 3.04 bits per heavy atom. The number of carbonyl (C=O) groups is 1. The number of anilines is 1. The normalized spacial score (nSPS) is 17.1. The van der Waals surface area contributed by atoms with Crippen molar-refractivity contribution in [2.24, 2.45) is 0 Å². The molecule has 134 valence electrons. The van der Waals surface area contributed by atoms with E-state index in [1.807, 2.05) is 30.0 Å². The number of halogens is 1. The Morgan fingerprint density at radius 2 is 2.29 bits per heavy atom. The summed E-state index contributed by atoms with van der Waals surface area (Å²) in [6, 6.07) is 5.84. The molecule has 1 fully saturated rings. The van der Waals surface area contributed by atoms with Crippen LogP contribution in [0.25, 0.3) is 0 Å². The molecule has 0 saturated carbocycles. The van der Waals surface area contributed by atoms with E-state index in [9.17, 15) is 4.79 Å². The number of hydrogen-bond donors (Lipinski definition) is 1. The molecule has 1 saturated heterocycles. The van der Waals surface area contributed by atoms with Crippen LogP contribution in [-0.2, 0) is 4.79 Å². The van der Waals surface area contributed by atoms with Crippen molar-refractivity contribution in [3.63, 3.8) is 0 Å². The van der Waals surface area contributed by atoms with Crippen molar-refractivity contribution in [2.75, 3.05) is 36.6 Å². The van der Waals surface area contributed by atoms with Crippen molar-refractivity contribution in [1.82, 2.24) is 5.32 Å². The topological polar surface area (TPSA) is 41.6 Å². The van der Waals surface area contributed by atoms with Gasteiger partial charge in [0.2, 0.25) is 5.91 Å². The molecule has 1 amide bonds. The molecule has 6 heteroatoms. The molecule has 0 aromatic heterocycles. The summed E-state index contributed by atoms with van der Waals surface area (Å²) in [4.78, 5) is 14.3. The number of thioether (sulfide) groups is 1. The number of amides is 1. The standard InChI is InChI=1S/C18H27ClN2O2S/c1-3-4-10-24-11-8-18(22)20-15-7-9-21(13-15)16-12-14(19)5-6-17(16)23-2/h5-6,12,15H,3-4,7-11,13H2,1-2H3,(H,20,22). The molecule has 1 aromatic carbocycles. The van der Waals surface area contributed by atoms with Crippen LogP contribution in [0.4, 0.5) is 5.69 Å². The number of nitrogens with zero attached hydrogens (tertiary/aromatic N) is 1. The molecule has 2 rings (SSSR count). The highest BCUT2D eigenvalue weighted by molar-refractivity contribution is 7.99. The van der Waals surface area contributed by atoms with E-state index in [4.69, 9.17) is 16.3 Å². The number of rotatable bonds is 9. The van der Waals surface area contributed by atoms with E-state index in [1.165, 1.54) is 12.8 Å². The molecule has 1 heterocycles. The number of methoxy groups -OCH3 is 1. The third-order valence-corrected chi connectivity index (χ3v) is 5.46. The van der Waals surface area contributed by atoms with E-state index >= 15 is 0 Å². The minimum atomic E-state index is 0.156. The number of benzene rings is 1. The Labute approximate surface area is 154 Å². The zero-order chi connectivity index (χ0) is 17.4. The van der Waals surface area contributed by atoms with Crippen LogP contribution < -0.4 is 15.0 Å². The maximum atomic E-state index is 12.1. The van der Waals surface area contributed by atoms with Crippen LogP contribution in [-0.4, -0.2) is 43.7 Å². The Morgan fingerprint density at radius 1 is 1.46 bits per heavy atom. The summed E-state index contributed by atoms with van der Waals surface area (Å²) in [5.74, 6) is 3.03. The van der Waals surface area contributed by atoms with Gasteiger partial charge in [-0.3, -0.25) is 4.79 Å². The van der Waals surface area contributed by atoms with Gasteiger partial charge >= 0.3 is 0 Å². The van der Waals surface area contributed by atoms with Crippen LogP contribution in [0.1, 0.15) is 32.6 Å². The van der Waals surface area contributed by atoms with Crippen LogP contribution in [0, 0.1) is 0 Å². The van der Waals surface area contributed by atoms with Gasteiger partial charge in [0.15, 0.2) is 0 Å². The van der Waals surface area contributed by atoms with Gasteiger partial charge in [-0.25, -0.2) is 0 Å². The third-order valence-electron chi connectivity index (χ3n) is 4.15. The molecule has 24 heavy (non-hydrogen) atoms. The maximum absolute atomic E-state index is 12.1. The zero-order valence-electron chi connectivity index (χ0n) is 14.5. The lowest BCUT2D eigenvalue weighted by Gasteiger charge is -2.21. The number of ether oxygens (including phenoxy) is 1. The first-order valence-corrected chi connectivity index (χ1v) is 10.1. The van der Waals surface area contributed by atoms with Crippen molar-refractivity contribution in [1.29, 1.82) is 0 Å². The Kier molecular flexibility index (Phi) is 8.06. The Bertz CT molecular complexity index is 542. The molecule has 1 N–H and O–H groups in total. The second kappa shape index (κ2) is 10.0. The van der Waals surface area contributed by atoms with Gasteiger partial charge in [0.05, 0.1) is 12.8 Å². The van der Waals surface area contributed by atoms with E-state index in [0.29, 0.717) is 11.4 Å². The summed E-state index contributed by atoms with van der Waals surface area (Å²) in [5.41, 5.74) is 0.997. The Hall–Kier alpha value is -1.07. The van der Waals surface area contributed by atoms with Gasteiger partial charge in [0.1, 0.15) is 5.75 Å². The summed E-state index contributed by atoms with van der Waals surface area (Å²) < 4.78 is 5.42. The largest absolute Gasteiger partial charge is 0.495 e. The SMILES string of the molecule is CCCCSCCC(=O)NC1CCN(c2cc(Cl)ccc2OC)C1. The summed E-state index contributed by atoms with van der Waals surface area (Å²) >= 11 is 7.98. The molecule has 0 bridgehead atoms. The van der Waals surface area contributed by atoms with E-state index in [2.05, 4.69) is 17.1 Å². The van der Waals surface area contributed by atoms with Gasteiger partial charge in [0, 0.05) is 36.3 Å². The molecule has 1 aromatic rings. The van der Waals surface area contributed by atoms with Gasteiger partial charge in [-0.05, 0) is 36.8 Å². The minimum Gasteiger partial charge on any atom is -0.495 e. The summed E-state index contributed by atoms with van der Waals surface area (Å²) in [6.45, 7) is 3.88. The van der Waals surface area contributed by atoms with Crippen molar-refractivity contribution in [3.8, 4) is 5.75 Å². The maximum Gasteiger partial charge on any atom is 0.221 e. The number of unbranched alkanes of at least 4 members (excludes halogenated alkanes) is 1. The van der Waals surface area contributed by atoms with E-state index in [1.54, 1.807) is 7.11 Å². The number of carbonyl (C=O) groups excluding carboxylic acids is 1. The van der Waals surface area contributed by atoms with Crippen molar-refractivity contribution in [3.05, 3.63) is 23.2 Å². The van der Waals surface area contributed by atoms with Gasteiger partial charge in [-0.15, -0.1) is 0 Å². The molecule has 0 aliphatic carbocycles. The van der Waals surface area contributed by atoms with Crippen LogP contribution >= 0.6 is 23.4 Å². The first kappa shape index (κ1) is 19.3. The molecule has 1 aliphatic rings. The fourth-order valence-corrected chi connectivity index (χ4v) is 4.01. The predicted molar refractivity (Wildman–Crippen MR) is 104 cm³/mol. The monoisotopic (exact) mass is 370 g/mol. The first-order valence-electron chi connectivity index (χ1n) is 8.59. The van der Waals surface area contributed by atoms with Crippen molar-refractivity contribution < 1.29 is 9.53 Å². The third kappa shape index (κ3) is 5.78. The predicted octanol–water partition coefficient (Wildman–Crippen LogP) is 3.97. The minimum absolute atomic E-state index is 0.156. The van der Waals surface area contributed by atoms with Crippen LogP contribution in [0.5, 0.6) is 5.75 Å². The van der Waals surface area contributed by atoms with E-state index < -0.39 is 0 Å².